The van der Waals surface area contributed by atoms with E-state index in [4.69, 9.17) is 9.47 Å². The first-order valence-electron chi connectivity index (χ1n) is 12.2. The molecule has 2 rings (SSSR count). The smallest absolute Gasteiger partial charge is 0.307 e. The SMILES string of the molecule is CCCCCCCOc1ccc(NC(=O)CN2CCNC(=O)C2CC(=O)OCCCC)cc1. The van der Waals surface area contributed by atoms with E-state index in [1.54, 1.807) is 17.0 Å². The summed E-state index contributed by atoms with van der Waals surface area (Å²) in [5.41, 5.74) is 0.660. The largest absolute Gasteiger partial charge is 0.494 e. The minimum Gasteiger partial charge on any atom is -0.494 e. The van der Waals surface area contributed by atoms with Crippen molar-refractivity contribution in [3.05, 3.63) is 24.3 Å². The maximum Gasteiger partial charge on any atom is 0.307 e. The summed E-state index contributed by atoms with van der Waals surface area (Å²) in [6.07, 6.45) is 7.60. The fourth-order valence-corrected chi connectivity index (χ4v) is 3.64. The molecule has 8 nitrogen and oxygen atoms in total. The number of carbonyl (C=O) groups excluding carboxylic acids is 3. The van der Waals surface area contributed by atoms with E-state index < -0.39 is 12.0 Å². The lowest BCUT2D eigenvalue weighted by Crippen LogP contribution is -2.57. The molecule has 33 heavy (non-hydrogen) atoms. The zero-order chi connectivity index (χ0) is 23.9. The summed E-state index contributed by atoms with van der Waals surface area (Å²) >= 11 is 0. The van der Waals surface area contributed by atoms with Gasteiger partial charge in [-0.1, -0.05) is 46.0 Å². The number of nitrogens with zero attached hydrogens (tertiary/aromatic N) is 1. The van der Waals surface area contributed by atoms with Crippen molar-refractivity contribution >= 4 is 23.5 Å². The number of carbonyl (C=O) groups is 3. The Bertz CT molecular complexity index is 738. The second-order valence-electron chi connectivity index (χ2n) is 8.39. The molecule has 1 heterocycles. The molecule has 1 aromatic carbocycles. The van der Waals surface area contributed by atoms with Crippen molar-refractivity contribution in [3.63, 3.8) is 0 Å². The molecule has 1 aliphatic rings. The minimum absolute atomic E-state index is 0.0241. The molecule has 0 aromatic heterocycles. The van der Waals surface area contributed by atoms with Gasteiger partial charge in [-0.3, -0.25) is 19.3 Å². The minimum atomic E-state index is -0.702. The molecule has 1 atom stereocenters. The van der Waals surface area contributed by atoms with Crippen molar-refractivity contribution < 1.29 is 23.9 Å². The van der Waals surface area contributed by atoms with E-state index in [1.807, 2.05) is 19.1 Å². The highest BCUT2D eigenvalue weighted by molar-refractivity contribution is 5.93. The first-order chi connectivity index (χ1) is 16.0. The number of unbranched alkanes of at least 4 members (excludes halogenated alkanes) is 5. The highest BCUT2D eigenvalue weighted by Crippen LogP contribution is 2.17. The number of anilines is 1. The molecule has 2 N–H and O–H groups in total. The molecule has 184 valence electrons. The molecular formula is C25H39N3O5. The van der Waals surface area contributed by atoms with E-state index in [1.165, 1.54) is 25.7 Å². The van der Waals surface area contributed by atoms with Crippen molar-refractivity contribution in [1.29, 1.82) is 0 Å². The van der Waals surface area contributed by atoms with Gasteiger partial charge in [-0.15, -0.1) is 0 Å². The van der Waals surface area contributed by atoms with Crippen LogP contribution in [0.4, 0.5) is 5.69 Å². The third-order valence-corrected chi connectivity index (χ3v) is 5.56. The predicted molar refractivity (Wildman–Crippen MR) is 128 cm³/mol. The Labute approximate surface area is 197 Å². The lowest BCUT2D eigenvalue weighted by atomic mass is 10.1. The van der Waals surface area contributed by atoms with Gasteiger partial charge in [0, 0.05) is 18.8 Å². The van der Waals surface area contributed by atoms with Crippen molar-refractivity contribution in [2.45, 2.75) is 71.3 Å². The van der Waals surface area contributed by atoms with Crippen LogP contribution in [0.15, 0.2) is 24.3 Å². The molecule has 1 aliphatic heterocycles. The van der Waals surface area contributed by atoms with Crippen molar-refractivity contribution in [1.82, 2.24) is 10.2 Å². The van der Waals surface area contributed by atoms with E-state index in [0.29, 0.717) is 32.0 Å². The van der Waals surface area contributed by atoms with Crippen LogP contribution in [0.1, 0.15) is 65.2 Å². The summed E-state index contributed by atoms with van der Waals surface area (Å²) in [4.78, 5) is 38.7. The number of nitrogens with one attached hydrogen (secondary N) is 2. The number of ether oxygens (including phenoxy) is 2. The van der Waals surface area contributed by atoms with Crippen molar-refractivity contribution in [2.75, 3.05) is 38.2 Å². The third kappa shape index (κ3) is 10.2. The summed E-state index contributed by atoms with van der Waals surface area (Å²) in [5.74, 6) is -0.133. The fraction of sp³-hybridized carbons (Fsp3) is 0.640. The van der Waals surface area contributed by atoms with Crippen LogP contribution in [0.3, 0.4) is 0 Å². The van der Waals surface area contributed by atoms with Gasteiger partial charge in [0.1, 0.15) is 11.8 Å². The maximum absolute atomic E-state index is 12.6. The third-order valence-electron chi connectivity index (χ3n) is 5.56. The molecule has 0 spiro atoms. The highest BCUT2D eigenvalue weighted by Gasteiger charge is 2.33. The van der Waals surface area contributed by atoms with E-state index in [0.717, 1.165) is 25.0 Å². The van der Waals surface area contributed by atoms with Gasteiger partial charge in [0.25, 0.3) is 0 Å². The lowest BCUT2D eigenvalue weighted by molar-refractivity contribution is -0.149. The van der Waals surface area contributed by atoms with Gasteiger partial charge in [0.05, 0.1) is 26.2 Å². The lowest BCUT2D eigenvalue weighted by Gasteiger charge is -2.33. The zero-order valence-electron chi connectivity index (χ0n) is 20.1. The van der Waals surface area contributed by atoms with Gasteiger partial charge in [-0.05, 0) is 37.1 Å². The van der Waals surface area contributed by atoms with Gasteiger partial charge in [0.2, 0.25) is 11.8 Å². The van der Waals surface area contributed by atoms with Crippen LogP contribution in [-0.2, 0) is 19.1 Å². The Morgan fingerprint density at radius 2 is 1.76 bits per heavy atom. The van der Waals surface area contributed by atoms with Crippen molar-refractivity contribution in [2.24, 2.45) is 0 Å². The molecule has 0 radical (unpaired) electrons. The number of benzene rings is 1. The number of amides is 2. The van der Waals surface area contributed by atoms with Crippen LogP contribution in [-0.4, -0.2) is 61.6 Å². The topological polar surface area (TPSA) is 97.0 Å². The van der Waals surface area contributed by atoms with Gasteiger partial charge < -0.3 is 20.1 Å². The molecule has 1 saturated heterocycles. The second kappa shape index (κ2) is 15.3. The summed E-state index contributed by atoms with van der Waals surface area (Å²) in [7, 11) is 0. The van der Waals surface area contributed by atoms with Gasteiger partial charge in [-0.2, -0.15) is 0 Å². The molecule has 1 fully saturated rings. The fourth-order valence-electron chi connectivity index (χ4n) is 3.64. The predicted octanol–water partition coefficient (Wildman–Crippen LogP) is 3.51. The Kier molecular flexibility index (Phi) is 12.3. The van der Waals surface area contributed by atoms with E-state index >= 15 is 0 Å². The van der Waals surface area contributed by atoms with Gasteiger partial charge in [0.15, 0.2) is 0 Å². The molecule has 8 heteroatoms. The summed E-state index contributed by atoms with van der Waals surface area (Å²) in [5, 5.41) is 5.61. The molecule has 2 amide bonds. The zero-order valence-corrected chi connectivity index (χ0v) is 20.1. The molecule has 1 unspecified atom stereocenters. The van der Waals surface area contributed by atoms with E-state index in [-0.39, 0.29) is 24.8 Å². The van der Waals surface area contributed by atoms with Gasteiger partial charge in [-0.25, -0.2) is 0 Å². The number of piperazine rings is 1. The first kappa shape index (κ1) is 26.6. The van der Waals surface area contributed by atoms with Crippen LogP contribution in [0, 0.1) is 0 Å². The van der Waals surface area contributed by atoms with Crippen LogP contribution in [0.2, 0.25) is 0 Å². The molecule has 0 saturated carbocycles. The second-order valence-corrected chi connectivity index (χ2v) is 8.39. The average Bonchev–Trinajstić information content (AvgIpc) is 2.80. The first-order valence-corrected chi connectivity index (χ1v) is 12.2. The monoisotopic (exact) mass is 461 g/mol. The quantitative estimate of drug-likeness (QED) is 0.306. The number of hydrogen-bond acceptors (Lipinski definition) is 6. The summed E-state index contributed by atoms with van der Waals surface area (Å²) in [6.45, 7) is 6.21. The van der Waals surface area contributed by atoms with E-state index in [2.05, 4.69) is 17.6 Å². The van der Waals surface area contributed by atoms with Crippen LogP contribution >= 0.6 is 0 Å². The maximum atomic E-state index is 12.6. The number of rotatable bonds is 15. The Balaban J connectivity index is 1.79. The summed E-state index contributed by atoms with van der Waals surface area (Å²) < 4.78 is 10.9. The molecule has 0 bridgehead atoms. The Hall–Kier alpha value is -2.61. The molecular weight excluding hydrogens is 422 g/mol. The standard InChI is InChI=1S/C25H39N3O5/c1-3-5-7-8-9-17-32-21-12-10-20(11-13-21)27-23(29)19-28-15-14-26-25(31)22(28)18-24(30)33-16-6-4-2/h10-13,22H,3-9,14-19H2,1-2H3,(H,26,31)(H,27,29). The number of hydrogen-bond donors (Lipinski definition) is 2. The molecule has 1 aromatic rings. The average molecular weight is 462 g/mol. The van der Waals surface area contributed by atoms with E-state index in [9.17, 15) is 14.4 Å². The van der Waals surface area contributed by atoms with Crippen LogP contribution in [0.5, 0.6) is 5.75 Å². The van der Waals surface area contributed by atoms with Crippen molar-refractivity contribution in [3.8, 4) is 5.75 Å². The normalized spacial score (nSPS) is 16.2. The van der Waals surface area contributed by atoms with Crippen LogP contribution < -0.4 is 15.4 Å². The van der Waals surface area contributed by atoms with Crippen LogP contribution in [0.25, 0.3) is 0 Å². The summed E-state index contributed by atoms with van der Waals surface area (Å²) in [6, 6.07) is 6.58. The Morgan fingerprint density at radius 3 is 2.48 bits per heavy atom. The molecule has 0 aliphatic carbocycles. The Morgan fingerprint density at radius 1 is 1.03 bits per heavy atom. The number of esters is 1. The van der Waals surface area contributed by atoms with Gasteiger partial charge >= 0.3 is 5.97 Å². The highest BCUT2D eigenvalue weighted by atomic mass is 16.5.